The van der Waals surface area contributed by atoms with Crippen LogP contribution in [0.15, 0.2) is 35.1 Å². The lowest BCUT2D eigenvalue weighted by Gasteiger charge is -2.25. The number of carbonyl (C=O) groups is 1. The standard InChI is InChI=1S/C15H19N5O2/c1-11(2)18(10-12-6-4-3-5-7-12)14(21)20-15(22)19(16-17-20)13-8-9-13/h3-7,11,13H,8-10H2,1-2H3. The SMILES string of the molecule is CC(C)N(Cc1ccccc1)C(=O)n1nnn(C2CC2)c1=O. The molecule has 0 aliphatic heterocycles. The molecule has 1 aromatic heterocycles. The summed E-state index contributed by atoms with van der Waals surface area (Å²) in [4.78, 5) is 26.5. The number of tetrazole rings is 1. The van der Waals surface area contributed by atoms with E-state index < -0.39 is 11.7 Å². The van der Waals surface area contributed by atoms with Crippen LogP contribution in [0.25, 0.3) is 0 Å². The summed E-state index contributed by atoms with van der Waals surface area (Å²) in [6.45, 7) is 4.26. The van der Waals surface area contributed by atoms with Crippen LogP contribution in [0.5, 0.6) is 0 Å². The Morgan fingerprint density at radius 1 is 1.27 bits per heavy atom. The lowest BCUT2D eigenvalue weighted by Crippen LogP contribution is -2.44. The van der Waals surface area contributed by atoms with E-state index in [1.807, 2.05) is 44.2 Å². The molecule has 3 rings (SSSR count). The van der Waals surface area contributed by atoms with E-state index in [1.54, 1.807) is 4.90 Å². The van der Waals surface area contributed by atoms with Crippen LogP contribution in [-0.4, -0.2) is 36.8 Å². The Morgan fingerprint density at radius 2 is 1.95 bits per heavy atom. The van der Waals surface area contributed by atoms with Crippen molar-refractivity contribution in [2.45, 2.75) is 45.3 Å². The minimum atomic E-state index is -0.453. The van der Waals surface area contributed by atoms with Gasteiger partial charge in [0.25, 0.3) is 0 Å². The molecule has 1 aliphatic rings. The molecule has 1 heterocycles. The van der Waals surface area contributed by atoms with Gasteiger partial charge >= 0.3 is 11.7 Å². The quantitative estimate of drug-likeness (QED) is 0.805. The summed E-state index contributed by atoms with van der Waals surface area (Å²) in [5.74, 6) is 0. The predicted octanol–water partition coefficient (Wildman–Crippen LogP) is 1.65. The fourth-order valence-electron chi connectivity index (χ4n) is 2.30. The number of hydrogen-bond acceptors (Lipinski definition) is 4. The molecule has 0 N–H and O–H groups in total. The number of aromatic nitrogens is 4. The summed E-state index contributed by atoms with van der Waals surface area (Å²) in [5.41, 5.74) is 0.554. The van der Waals surface area contributed by atoms with Crippen LogP contribution in [0.1, 0.15) is 38.3 Å². The summed E-state index contributed by atoms with van der Waals surface area (Å²) in [7, 11) is 0. The molecule has 0 unspecified atom stereocenters. The fraction of sp³-hybridized carbons (Fsp3) is 0.467. The van der Waals surface area contributed by atoms with E-state index in [2.05, 4.69) is 10.4 Å². The van der Waals surface area contributed by atoms with Crippen molar-refractivity contribution < 1.29 is 4.79 Å². The van der Waals surface area contributed by atoms with E-state index >= 15 is 0 Å². The van der Waals surface area contributed by atoms with Crippen LogP contribution in [0, 0.1) is 0 Å². The van der Waals surface area contributed by atoms with Crippen LogP contribution in [0.4, 0.5) is 4.79 Å². The Balaban J connectivity index is 1.85. The van der Waals surface area contributed by atoms with E-state index in [0.29, 0.717) is 6.54 Å². The first-order chi connectivity index (χ1) is 10.6. The number of benzene rings is 1. The summed E-state index contributed by atoms with van der Waals surface area (Å²) in [6.07, 6.45) is 1.84. The van der Waals surface area contributed by atoms with Crippen molar-refractivity contribution in [3.05, 3.63) is 46.4 Å². The highest BCUT2D eigenvalue weighted by atomic mass is 16.2. The maximum absolute atomic E-state index is 12.6. The average molecular weight is 301 g/mol. The van der Waals surface area contributed by atoms with Crippen LogP contribution in [0.2, 0.25) is 0 Å². The molecule has 0 bridgehead atoms. The van der Waals surface area contributed by atoms with E-state index in [4.69, 9.17) is 0 Å². The van der Waals surface area contributed by atoms with Gasteiger partial charge in [-0.25, -0.2) is 9.59 Å². The van der Waals surface area contributed by atoms with Gasteiger partial charge in [-0.05, 0) is 42.7 Å². The van der Waals surface area contributed by atoms with E-state index in [-0.39, 0.29) is 12.1 Å². The van der Waals surface area contributed by atoms with Gasteiger partial charge in [0, 0.05) is 12.6 Å². The molecule has 1 aliphatic carbocycles. The number of hydrogen-bond donors (Lipinski definition) is 0. The van der Waals surface area contributed by atoms with Crippen molar-refractivity contribution in [2.75, 3.05) is 0 Å². The number of nitrogens with zero attached hydrogens (tertiary/aromatic N) is 5. The van der Waals surface area contributed by atoms with Crippen molar-refractivity contribution in [3.8, 4) is 0 Å². The largest absolute Gasteiger partial charge is 0.372 e. The molecule has 0 spiro atoms. The third-order valence-electron chi connectivity index (χ3n) is 3.74. The molecule has 1 aromatic carbocycles. The van der Waals surface area contributed by atoms with E-state index in [0.717, 1.165) is 23.1 Å². The van der Waals surface area contributed by atoms with Crippen LogP contribution in [-0.2, 0) is 6.54 Å². The first-order valence-electron chi connectivity index (χ1n) is 7.47. The Hall–Kier alpha value is -2.44. The molecule has 0 saturated heterocycles. The predicted molar refractivity (Wildman–Crippen MR) is 80.5 cm³/mol. The highest BCUT2D eigenvalue weighted by Crippen LogP contribution is 2.32. The van der Waals surface area contributed by atoms with Crippen molar-refractivity contribution in [1.29, 1.82) is 0 Å². The second-order valence-corrected chi connectivity index (χ2v) is 5.84. The lowest BCUT2D eigenvalue weighted by atomic mass is 10.2. The second-order valence-electron chi connectivity index (χ2n) is 5.84. The third-order valence-corrected chi connectivity index (χ3v) is 3.74. The van der Waals surface area contributed by atoms with Gasteiger partial charge in [0.15, 0.2) is 0 Å². The van der Waals surface area contributed by atoms with Crippen molar-refractivity contribution in [3.63, 3.8) is 0 Å². The molecule has 2 aromatic rings. The summed E-state index contributed by atoms with van der Waals surface area (Å²) in [5, 5.41) is 7.56. The Morgan fingerprint density at radius 3 is 2.55 bits per heavy atom. The maximum Gasteiger partial charge on any atom is 0.372 e. The second kappa shape index (κ2) is 5.75. The van der Waals surface area contributed by atoms with Gasteiger partial charge in [0.1, 0.15) is 0 Å². The van der Waals surface area contributed by atoms with Gasteiger partial charge in [-0.3, -0.25) is 0 Å². The molecule has 1 fully saturated rings. The van der Waals surface area contributed by atoms with Crippen molar-refractivity contribution in [1.82, 2.24) is 24.7 Å². The van der Waals surface area contributed by atoms with Gasteiger partial charge in [-0.1, -0.05) is 30.3 Å². The Labute approximate surface area is 128 Å². The van der Waals surface area contributed by atoms with Gasteiger partial charge in [-0.15, -0.1) is 4.68 Å². The minimum absolute atomic E-state index is 0.0503. The summed E-state index contributed by atoms with van der Waals surface area (Å²) < 4.78 is 2.17. The third kappa shape index (κ3) is 2.79. The van der Waals surface area contributed by atoms with Gasteiger partial charge in [-0.2, -0.15) is 4.68 Å². The van der Waals surface area contributed by atoms with Crippen LogP contribution >= 0.6 is 0 Å². The highest BCUT2D eigenvalue weighted by molar-refractivity contribution is 5.75. The zero-order chi connectivity index (χ0) is 15.7. The zero-order valence-electron chi connectivity index (χ0n) is 12.7. The molecule has 7 heteroatoms. The van der Waals surface area contributed by atoms with Crippen LogP contribution in [0.3, 0.4) is 0 Å². The highest BCUT2D eigenvalue weighted by Gasteiger charge is 2.30. The summed E-state index contributed by atoms with van der Waals surface area (Å²) in [6, 6.07) is 9.30. The number of amides is 1. The topological polar surface area (TPSA) is 73.0 Å². The normalized spacial score (nSPS) is 14.3. The Kier molecular flexibility index (Phi) is 3.79. The maximum atomic E-state index is 12.6. The van der Waals surface area contributed by atoms with Crippen molar-refractivity contribution in [2.24, 2.45) is 0 Å². The Bertz CT molecular complexity index is 715. The van der Waals surface area contributed by atoms with Gasteiger partial charge < -0.3 is 4.90 Å². The summed E-state index contributed by atoms with van der Waals surface area (Å²) >= 11 is 0. The number of carbonyl (C=O) groups excluding carboxylic acids is 1. The zero-order valence-corrected chi connectivity index (χ0v) is 12.7. The van der Waals surface area contributed by atoms with Crippen LogP contribution < -0.4 is 5.69 Å². The monoisotopic (exact) mass is 301 g/mol. The van der Waals surface area contributed by atoms with Crippen molar-refractivity contribution >= 4 is 6.03 Å². The first-order valence-corrected chi connectivity index (χ1v) is 7.47. The molecule has 0 atom stereocenters. The number of rotatable bonds is 4. The first kappa shape index (κ1) is 14.5. The molecule has 1 amide bonds. The molecule has 22 heavy (non-hydrogen) atoms. The molecular weight excluding hydrogens is 282 g/mol. The average Bonchev–Trinajstić information content (AvgIpc) is 3.28. The fourth-order valence-corrected chi connectivity index (χ4v) is 2.30. The van der Waals surface area contributed by atoms with E-state index in [9.17, 15) is 9.59 Å². The molecule has 7 nitrogen and oxygen atoms in total. The molecule has 0 radical (unpaired) electrons. The minimum Gasteiger partial charge on any atom is -0.316 e. The smallest absolute Gasteiger partial charge is 0.316 e. The van der Waals surface area contributed by atoms with Gasteiger partial charge in [0.2, 0.25) is 0 Å². The molecular formula is C15H19N5O2. The molecule has 1 saturated carbocycles. The molecule has 116 valence electrons. The lowest BCUT2D eigenvalue weighted by molar-refractivity contribution is 0.176. The van der Waals surface area contributed by atoms with Gasteiger partial charge in [0.05, 0.1) is 6.04 Å². The van der Waals surface area contributed by atoms with E-state index in [1.165, 1.54) is 4.68 Å².